The van der Waals surface area contributed by atoms with E-state index in [0.717, 1.165) is 51.4 Å². The number of nitrogens with one attached hydrogen (secondary N) is 1. The molecule has 1 aliphatic heterocycles. The van der Waals surface area contributed by atoms with Crippen LogP contribution in [0.1, 0.15) is 57.8 Å². The minimum absolute atomic E-state index is 0.00695. The highest BCUT2D eigenvalue weighted by Gasteiger charge is 2.38. The van der Waals surface area contributed by atoms with E-state index in [4.69, 9.17) is 4.52 Å². The molecule has 1 saturated carbocycles. The van der Waals surface area contributed by atoms with Gasteiger partial charge >= 0.3 is 0 Å². The lowest BCUT2D eigenvalue weighted by Gasteiger charge is -2.30. The third-order valence-corrected chi connectivity index (χ3v) is 7.83. The van der Waals surface area contributed by atoms with Crippen molar-refractivity contribution in [1.82, 2.24) is 10.2 Å². The molecule has 2 unspecified atom stereocenters. The normalized spacial score (nSPS) is 26.6. The molecule has 1 aliphatic carbocycles. The van der Waals surface area contributed by atoms with Crippen LogP contribution in [0.3, 0.4) is 0 Å². The van der Waals surface area contributed by atoms with Gasteiger partial charge in [-0.1, -0.05) is 24.6 Å². The first-order chi connectivity index (χ1) is 14.2. The molecule has 0 spiro atoms. The zero-order valence-electron chi connectivity index (χ0n) is 17.4. The van der Waals surface area contributed by atoms with Crippen LogP contribution in [0.4, 0.5) is 0 Å². The SMILES string of the molecule is COP([O-])(=S)OCCCCCCNC(=O)C1CCC(CN2C(=O)CC(S)C2=O)CC1. The lowest BCUT2D eigenvalue weighted by Crippen LogP contribution is -2.38. The smallest absolute Gasteiger partial charge is 0.242 e. The second-order valence-corrected chi connectivity index (χ2v) is 11.4. The van der Waals surface area contributed by atoms with Crippen molar-refractivity contribution < 1.29 is 28.3 Å². The van der Waals surface area contributed by atoms with Gasteiger partial charge in [-0.3, -0.25) is 19.3 Å². The van der Waals surface area contributed by atoms with Crippen molar-refractivity contribution in [3.8, 4) is 0 Å². The average Bonchev–Trinajstić information content (AvgIpc) is 2.96. The number of imide groups is 1. The number of carbonyl (C=O) groups is 3. The Morgan fingerprint density at radius 2 is 1.90 bits per heavy atom. The highest BCUT2D eigenvalue weighted by atomic mass is 32.5. The molecular formula is C19H32N2O6PS2-. The maximum Gasteiger partial charge on any atom is 0.242 e. The van der Waals surface area contributed by atoms with Crippen molar-refractivity contribution in [3.05, 3.63) is 0 Å². The Bertz CT molecular complexity index is 657. The summed E-state index contributed by atoms with van der Waals surface area (Å²) in [6.45, 7) is -1.89. The molecule has 3 amide bonds. The van der Waals surface area contributed by atoms with Crippen LogP contribution in [0.25, 0.3) is 0 Å². The van der Waals surface area contributed by atoms with E-state index in [1.807, 2.05) is 0 Å². The van der Waals surface area contributed by atoms with Gasteiger partial charge in [0.1, 0.15) is 6.72 Å². The second kappa shape index (κ2) is 12.5. The van der Waals surface area contributed by atoms with E-state index < -0.39 is 12.0 Å². The van der Waals surface area contributed by atoms with Gasteiger partial charge in [0.05, 0.1) is 11.9 Å². The van der Waals surface area contributed by atoms with Crippen LogP contribution >= 0.6 is 19.3 Å². The number of hydrogen-bond donors (Lipinski definition) is 2. The van der Waals surface area contributed by atoms with Gasteiger partial charge in [0.15, 0.2) is 0 Å². The average molecular weight is 480 g/mol. The Morgan fingerprint density at radius 3 is 2.50 bits per heavy atom. The summed E-state index contributed by atoms with van der Waals surface area (Å²) in [7, 11) is 1.27. The van der Waals surface area contributed by atoms with Gasteiger partial charge in [-0.2, -0.15) is 12.6 Å². The molecule has 30 heavy (non-hydrogen) atoms. The van der Waals surface area contributed by atoms with Crippen LogP contribution in [-0.2, 0) is 35.2 Å². The van der Waals surface area contributed by atoms with Crippen molar-refractivity contribution in [2.45, 2.75) is 63.0 Å². The summed E-state index contributed by atoms with van der Waals surface area (Å²) in [6, 6.07) is 0. The number of thiol groups is 1. The lowest BCUT2D eigenvalue weighted by molar-refractivity contribution is -0.204. The van der Waals surface area contributed by atoms with Gasteiger partial charge in [-0.15, -0.1) is 0 Å². The third kappa shape index (κ3) is 8.20. The standard InChI is InChI=1S/C19H33N2O6PS2/c1-26-28(25,30)27-11-5-3-2-4-10-20-18(23)15-8-6-14(7-9-15)13-21-17(22)12-16(29)19(21)24/h14-16,29H,2-13H2,1H3,(H,20,23)(H,25,30)/p-1. The number of unbranched alkanes of at least 4 members (excludes halogenated alkanes) is 3. The first-order valence-electron chi connectivity index (χ1n) is 10.5. The molecule has 0 bridgehead atoms. The van der Waals surface area contributed by atoms with E-state index in [0.29, 0.717) is 19.7 Å². The molecule has 1 N–H and O–H groups in total. The molecule has 2 aliphatic rings. The minimum atomic E-state index is -3.30. The van der Waals surface area contributed by atoms with Crippen molar-refractivity contribution in [2.24, 2.45) is 11.8 Å². The van der Waals surface area contributed by atoms with Crippen molar-refractivity contribution in [1.29, 1.82) is 0 Å². The van der Waals surface area contributed by atoms with E-state index in [1.54, 1.807) is 0 Å². The van der Waals surface area contributed by atoms with Crippen LogP contribution in [0.2, 0.25) is 0 Å². The number of hydrogen-bond acceptors (Lipinski definition) is 8. The van der Waals surface area contributed by atoms with Gasteiger partial charge in [-0.05, 0) is 44.4 Å². The zero-order chi connectivity index (χ0) is 22.1. The summed E-state index contributed by atoms with van der Waals surface area (Å²) in [5.41, 5.74) is 0. The molecule has 0 aromatic heterocycles. The fourth-order valence-electron chi connectivity index (χ4n) is 3.89. The third-order valence-electron chi connectivity index (χ3n) is 5.72. The van der Waals surface area contributed by atoms with Gasteiger partial charge in [-0.25, -0.2) is 0 Å². The number of nitrogens with zero attached hydrogens (tertiary/aromatic N) is 1. The topological polar surface area (TPSA) is 108 Å². The van der Waals surface area contributed by atoms with Crippen LogP contribution in [0, 0.1) is 11.8 Å². The summed E-state index contributed by atoms with van der Waals surface area (Å²) in [4.78, 5) is 49.0. The molecule has 8 nitrogen and oxygen atoms in total. The molecule has 2 fully saturated rings. The van der Waals surface area contributed by atoms with Gasteiger partial charge in [0, 0.05) is 32.5 Å². The molecule has 0 radical (unpaired) electrons. The monoisotopic (exact) mass is 479 g/mol. The highest BCUT2D eigenvalue weighted by molar-refractivity contribution is 8.06. The van der Waals surface area contributed by atoms with Gasteiger partial charge < -0.3 is 19.3 Å². The molecule has 1 saturated heterocycles. The van der Waals surface area contributed by atoms with E-state index in [2.05, 4.69) is 34.3 Å². The Hall–Kier alpha value is -0.510. The fraction of sp³-hybridized carbons (Fsp3) is 0.842. The molecule has 2 rings (SSSR count). The van der Waals surface area contributed by atoms with Crippen molar-refractivity contribution in [2.75, 3.05) is 26.8 Å². The molecule has 2 atom stereocenters. The van der Waals surface area contributed by atoms with Gasteiger partial charge in [0.25, 0.3) is 0 Å². The summed E-state index contributed by atoms with van der Waals surface area (Å²) in [6.07, 6.45) is 6.93. The maximum atomic E-state index is 12.4. The number of amides is 3. The van der Waals surface area contributed by atoms with Crippen LogP contribution in [0.5, 0.6) is 0 Å². The Balaban J connectivity index is 1.53. The highest BCUT2D eigenvalue weighted by Crippen LogP contribution is 2.37. The van der Waals surface area contributed by atoms with Crippen LogP contribution in [0.15, 0.2) is 0 Å². The summed E-state index contributed by atoms with van der Waals surface area (Å²) < 4.78 is 9.59. The molecule has 172 valence electrons. The maximum absolute atomic E-state index is 12.4. The largest absolute Gasteiger partial charge is 0.780 e. The Labute approximate surface area is 189 Å². The summed E-state index contributed by atoms with van der Waals surface area (Å²) >= 11 is 8.79. The fourth-order valence-corrected chi connectivity index (χ4v) is 4.87. The quantitative estimate of drug-likeness (QED) is 0.190. The second-order valence-electron chi connectivity index (χ2n) is 7.95. The molecule has 0 aromatic carbocycles. The van der Waals surface area contributed by atoms with E-state index >= 15 is 0 Å². The molecule has 1 heterocycles. The minimum Gasteiger partial charge on any atom is -0.780 e. The first kappa shape index (κ1) is 25.7. The summed E-state index contributed by atoms with van der Waals surface area (Å²) in [5.74, 6) is 0.0430. The van der Waals surface area contributed by atoms with E-state index in [1.165, 1.54) is 12.0 Å². The van der Waals surface area contributed by atoms with Crippen LogP contribution < -0.4 is 10.2 Å². The number of rotatable bonds is 12. The van der Waals surface area contributed by atoms with Gasteiger partial charge in [0.2, 0.25) is 17.7 Å². The number of carbonyl (C=O) groups excluding carboxylic acids is 3. The molecule has 11 heteroatoms. The lowest BCUT2D eigenvalue weighted by atomic mass is 9.81. The van der Waals surface area contributed by atoms with E-state index in [9.17, 15) is 19.3 Å². The Kier molecular flexibility index (Phi) is 10.7. The molecular weight excluding hydrogens is 447 g/mol. The predicted molar refractivity (Wildman–Crippen MR) is 118 cm³/mol. The number of likely N-dealkylation sites (tertiary alicyclic amines) is 1. The first-order valence-corrected chi connectivity index (χ1v) is 13.6. The Morgan fingerprint density at radius 1 is 1.23 bits per heavy atom. The van der Waals surface area contributed by atoms with E-state index in [-0.39, 0.29) is 36.0 Å². The predicted octanol–water partition coefficient (Wildman–Crippen LogP) is 1.77. The summed E-state index contributed by atoms with van der Waals surface area (Å²) in [5, 5.41) is 2.51. The van der Waals surface area contributed by atoms with Crippen molar-refractivity contribution >= 4 is 48.9 Å². The zero-order valence-corrected chi connectivity index (χ0v) is 20.0. The van der Waals surface area contributed by atoms with Crippen molar-refractivity contribution in [3.63, 3.8) is 0 Å². The molecule has 0 aromatic rings. The van der Waals surface area contributed by atoms with Crippen LogP contribution in [-0.4, -0.2) is 54.7 Å².